The summed E-state index contributed by atoms with van der Waals surface area (Å²) in [6.07, 6.45) is 48.9. The topological polar surface area (TPSA) is 0 Å². The Labute approximate surface area is 281 Å². The fraction of sp³-hybridized carbons (Fsp3) is 1.00. The molecule has 3 heteroatoms. The molecule has 0 radical (unpaired) electrons. The van der Waals surface area contributed by atoms with Crippen molar-refractivity contribution in [2.45, 2.75) is 235 Å². The second-order valence-electron chi connectivity index (χ2n) is 17.3. The van der Waals surface area contributed by atoms with Crippen LogP contribution in [0.15, 0.2) is 0 Å². The van der Waals surface area contributed by atoms with Crippen LogP contribution in [0.3, 0.4) is 0 Å². The van der Waals surface area contributed by atoms with Crippen molar-refractivity contribution >= 4 is 23.8 Å². The monoisotopic (exact) mass is 663 g/mol. The Bertz CT molecular complexity index is 674. The van der Waals surface area contributed by atoms with Gasteiger partial charge in [0.05, 0.1) is 0 Å². The predicted octanol–water partition coefficient (Wildman–Crippen LogP) is 14.7. The minimum Gasteiger partial charge on any atom is -0.100 e. The number of hydrogen-bond acceptors (Lipinski definition) is 0. The maximum absolute atomic E-state index is 3.00. The van der Waals surface area contributed by atoms with E-state index in [4.69, 9.17) is 0 Å². The van der Waals surface area contributed by atoms with Gasteiger partial charge in [0.15, 0.2) is 0 Å². The van der Waals surface area contributed by atoms with Crippen LogP contribution in [0, 0.1) is 5.41 Å². The summed E-state index contributed by atoms with van der Waals surface area (Å²) in [5.41, 5.74) is 7.30. The molecule has 0 spiro atoms. The lowest BCUT2D eigenvalue weighted by molar-refractivity contribution is 0.441. The van der Waals surface area contributed by atoms with E-state index in [1.54, 1.807) is 147 Å². The van der Waals surface area contributed by atoms with Gasteiger partial charge in [0.2, 0.25) is 0 Å². The Morgan fingerprint density at radius 3 is 1.11 bits per heavy atom. The van der Waals surface area contributed by atoms with Gasteiger partial charge in [0.25, 0.3) is 0 Å². The highest BCUT2D eigenvalue weighted by atomic mass is 31.1. The first-order chi connectivity index (χ1) is 21.6. The summed E-state index contributed by atoms with van der Waals surface area (Å²) in [7, 11) is 0.534. The summed E-state index contributed by atoms with van der Waals surface area (Å²) in [5.74, 6) is 0. The molecule has 2 unspecified atom stereocenters. The molecular weight excluding hydrogens is 585 g/mol. The third-order valence-corrected chi connectivity index (χ3v) is 25.5. The molecular formula is C41H77P3. The van der Waals surface area contributed by atoms with Gasteiger partial charge >= 0.3 is 0 Å². The molecule has 0 aromatic carbocycles. The van der Waals surface area contributed by atoms with Crippen LogP contribution in [0.5, 0.6) is 0 Å². The molecule has 256 valence electrons. The highest BCUT2D eigenvalue weighted by Crippen LogP contribution is 2.66. The molecule has 0 nitrogen and oxygen atoms in total. The second-order valence-corrected chi connectivity index (χ2v) is 25.8. The van der Waals surface area contributed by atoms with Crippen molar-refractivity contribution in [1.82, 2.24) is 0 Å². The van der Waals surface area contributed by atoms with E-state index in [9.17, 15) is 0 Å². The van der Waals surface area contributed by atoms with Crippen LogP contribution in [-0.2, 0) is 0 Å². The summed E-state index contributed by atoms with van der Waals surface area (Å²) in [6, 6.07) is 0. The van der Waals surface area contributed by atoms with Gasteiger partial charge < -0.3 is 0 Å². The zero-order valence-electron chi connectivity index (χ0n) is 30.2. The van der Waals surface area contributed by atoms with Gasteiger partial charge in [-0.15, -0.1) is 7.92 Å². The fourth-order valence-corrected chi connectivity index (χ4v) is 24.0. The third-order valence-electron chi connectivity index (χ3n) is 13.5. The van der Waals surface area contributed by atoms with E-state index in [2.05, 4.69) is 20.8 Å². The Balaban J connectivity index is 1.46. The fourth-order valence-electron chi connectivity index (χ4n) is 11.0. The number of rotatable bonds is 15. The van der Waals surface area contributed by atoms with Gasteiger partial charge in [0.1, 0.15) is 0 Å². The summed E-state index contributed by atoms with van der Waals surface area (Å²) >= 11 is 0. The lowest BCUT2D eigenvalue weighted by Gasteiger charge is -2.50. The summed E-state index contributed by atoms with van der Waals surface area (Å²) < 4.78 is 0. The minimum atomic E-state index is 0.150. The zero-order chi connectivity index (χ0) is 30.6. The molecule has 0 amide bonds. The molecule has 44 heavy (non-hydrogen) atoms. The molecule has 5 rings (SSSR count). The first-order valence-electron chi connectivity index (χ1n) is 20.8. The number of unbranched alkanes of at least 4 members (excludes halogenated alkanes) is 1. The maximum atomic E-state index is 3.00. The third kappa shape index (κ3) is 10.9. The van der Waals surface area contributed by atoms with E-state index in [1.165, 1.54) is 51.4 Å². The van der Waals surface area contributed by atoms with E-state index in [0.717, 1.165) is 34.0 Å². The van der Waals surface area contributed by atoms with Crippen molar-refractivity contribution in [2.75, 3.05) is 18.5 Å². The van der Waals surface area contributed by atoms with E-state index >= 15 is 0 Å². The molecule has 0 saturated heterocycles. The van der Waals surface area contributed by atoms with Crippen LogP contribution in [0.4, 0.5) is 0 Å². The second kappa shape index (κ2) is 19.5. The number of hydrogen-bond donors (Lipinski definition) is 0. The molecule has 0 heterocycles. The van der Waals surface area contributed by atoms with Crippen LogP contribution in [0.2, 0.25) is 0 Å². The standard InChI is InChI=1S/C41H77P3/c1-4-5-21-35(2)42(36-22-11-6-12-23-36)32-41(3,33-43(37-24-13-7-14-25-37)38-26-15-8-16-27-38)34-44(39-28-17-9-18-29-39)40-30-19-10-20-31-40/h35-40H,4-34H2,1-3H3. The smallest absolute Gasteiger partial charge is 0.0207 e. The van der Waals surface area contributed by atoms with Crippen LogP contribution in [0.1, 0.15) is 201 Å². The van der Waals surface area contributed by atoms with Crippen LogP contribution >= 0.6 is 23.8 Å². The lowest BCUT2D eigenvalue weighted by atomic mass is 9.98. The Hall–Kier alpha value is 1.29. The average Bonchev–Trinajstić information content (AvgIpc) is 3.09. The molecule has 0 aliphatic heterocycles. The van der Waals surface area contributed by atoms with Crippen LogP contribution < -0.4 is 0 Å². The van der Waals surface area contributed by atoms with Crippen molar-refractivity contribution in [3.05, 3.63) is 0 Å². The van der Waals surface area contributed by atoms with Gasteiger partial charge in [-0.25, -0.2) is 0 Å². The summed E-state index contributed by atoms with van der Waals surface area (Å²) in [6.45, 7) is 8.22. The van der Waals surface area contributed by atoms with Gasteiger partial charge in [0, 0.05) is 0 Å². The quantitative estimate of drug-likeness (QED) is 0.153. The molecule has 2 atom stereocenters. The van der Waals surface area contributed by atoms with Crippen molar-refractivity contribution in [3.63, 3.8) is 0 Å². The van der Waals surface area contributed by atoms with Gasteiger partial charge in [-0.05, 0) is 128 Å². The Kier molecular flexibility index (Phi) is 16.2. The van der Waals surface area contributed by atoms with Gasteiger partial charge in [-0.2, -0.15) is 0 Å². The lowest BCUT2D eigenvalue weighted by Crippen LogP contribution is -2.38. The van der Waals surface area contributed by atoms with E-state index < -0.39 is 0 Å². The SMILES string of the molecule is CCCCC(C)P(CC(C)(CP(C1CCCCC1)C1CCCCC1)CP(C1CCCCC1)C1CCCCC1)C1CCCCC1. The maximum Gasteiger partial charge on any atom is -0.0207 e. The van der Waals surface area contributed by atoms with E-state index in [1.807, 2.05) is 0 Å². The first kappa shape index (κ1) is 36.6. The van der Waals surface area contributed by atoms with Crippen LogP contribution in [-0.4, -0.2) is 52.4 Å². The van der Waals surface area contributed by atoms with Gasteiger partial charge in [-0.1, -0.05) is 146 Å². The van der Waals surface area contributed by atoms with Crippen molar-refractivity contribution in [3.8, 4) is 0 Å². The molecule has 0 aromatic heterocycles. The summed E-state index contributed by atoms with van der Waals surface area (Å²) in [5, 5.41) is 0. The minimum absolute atomic E-state index is 0.150. The molecule has 0 bridgehead atoms. The Morgan fingerprint density at radius 1 is 0.477 bits per heavy atom. The molecule has 0 N–H and O–H groups in total. The van der Waals surface area contributed by atoms with Crippen LogP contribution in [0.25, 0.3) is 0 Å². The van der Waals surface area contributed by atoms with Crippen molar-refractivity contribution < 1.29 is 0 Å². The van der Waals surface area contributed by atoms with Crippen molar-refractivity contribution in [1.29, 1.82) is 0 Å². The van der Waals surface area contributed by atoms with E-state index in [-0.39, 0.29) is 23.8 Å². The highest BCUT2D eigenvalue weighted by molar-refractivity contribution is 7.61. The zero-order valence-corrected chi connectivity index (χ0v) is 32.9. The Morgan fingerprint density at radius 2 is 0.795 bits per heavy atom. The largest absolute Gasteiger partial charge is 0.100 e. The van der Waals surface area contributed by atoms with Gasteiger partial charge in [-0.3, -0.25) is 0 Å². The molecule has 5 aliphatic rings. The molecule has 0 aromatic rings. The molecule has 5 saturated carbocycles. The van der Waals surface area contributed by atoms with E-state index in [0.29, 0.717) is 5.41 Å². The summed E-state index contributed by atoms with van der Waals surface area (Å²) in [4.78, 5) is 0. The first-order valence-corrected chi connectivity index (χ1v) is 25.8. The molecule has 5 aliphatic carbocycles. The molecule has 5 fully saturated rings. The normalized spacial score (nSPS) is 26.4. The highest BCUT2D eigenvalue weighted by Gasteiger charge is 2.44. The average molecular weight is 663 g/mol. The van der Waals surface area contributed by atoms with Crippen molar-refractivity contribution in [2.24, 2.45) is 5.41 Å². The predicted molar refractivity (Wildman–Crippen MR) is 207 cm³/mol.